The van der Waals surface area contributed by atoms with Crippen LogP contribution < -0.4 is 4.57 Å². The van der Waals surface area contributed by atoms with Gasteiger partial charge < -0.3 is 0 Å². The lowest BCUT2D eigenvalue weighted by molar-refractivity contribution is -0.714. The van der Waals surface area contributed by atoms with Crippen molar-refractivity contribution in [1.29, 1.82) is 0 Å². The Bertz CT molecular complexity index is 1450. The van der Waals surface area contributed by atoms with Crippen molar-refractivity contribution < 1.29 is 9.36 Å². The number of hydrogen-bond acceptors (Lipinski definition) is 2. The number of benzene rings is 4. The van der Waals surface area contributed by atoms with E-state index in [-0.39, 0.29) is 5.78 Å². The maximum absolute atomic E-state index is 13.0. The molecular weight excluding hydrogens is 458 g/mol. The molecule has 0 spiro atoms. The second-order valence-corrected chi connectivity index (χ2v) is 9.84. The summed E-state index contributed by atoms with van der Waals surface area (Å²) in [6.07, 6.45) is 0. The summed E-state index contributed by atoms with van der Waals surface area (Å²) in [6, 6.07) is 43.7. The van der Waals surface area contributed by atoms with Crippen molar-refractivity contribution >= 4 is 17.5 Å². The number of hydrogen-bond donors (Lipinski definition) is 0. The number of Topliss-reactive ketones (excluding diaryl/α,β-unsaturated/α-hetero) is 1. The molecule has 0 aliphatic heterocycles. The lowest BCUT2D eigenvalue weighted by atomic mass is 10.0. The predicted octanol–water partition coefficient (Wildman–Crippen LogP) is 7.64. The molecule has 5 aromatic rings. The van der Waals surface area contributed by atoms with Crippen LogP contribution in [0.2, 0.25) is 0 Å². The van der Waals surface area contributed by atoms with Crippen LogP contribution in [0.15, 0.2) is 132 Å². The molecule has 1 heterocycles. The molecule has 0 aliphatic carbocycles. The Balaban J connectivity index is 1.62. The minimum atomic E-state index is 0.133. The molecule has 3 heteroatoms. The average Bonchev–Trinajstić information content (AvgIpc) is 2.94. The maximum atomic E-state index is 13.0. The summed E-state index contributed by atoms with van der Waals surface area (Å²) in [5.41, 5.74) is 7.81. The van der Waals surface area contributed by atoms with E-state index >= 15 is 0 Å². The van der Waals surface area contributed by atoms with Crippen LogP contribution in [-0.4, -0.2) is 11.5 Å². The van der Waals surface area contributed by atoms with Crippen molar-refractivity contribution in [3.63, 3.8) is 0 Å². The van der Waals surface area contributed by atoms with E-state index in [1.54, 1.807) is 11.8 Å². The summed E-state index contributed by atoms with van der Waals surface area (Å²) in [7, 11) is 0. The van der Waals surface area contributed by atoms with Crippen LogP contribution in [0.25, 0.3) is 22.4 Å². The van der Waals surface area contributed by atoms with Gasteiger partial charge in [-0.05, 0) is 41.9 Å². The maximum Gasteiger partial charge on any atom is 0.241 e. The van der Waals surface area contributed by atoms with Gasteiger partial charge in [-0.25, -0.2) is 0 Å². The summed E-state index contributed by atoms with van der Waals surface area (Å²) >= 11 is 1.60. The number of aromatic nitrogens is 1. The largest absolute Gasteiger partial charge is 0.293 e. The molecule has 4 aromatic carbocycles. The van der Waals surface area contributed by atoms with Crippen molar-refractivity contribution in [3.8, 4) is 22.4 Å². The highest BCUT2D eigenvalue weighted by molar-refractivity contribution is 7.99. The second kappa shape index (κ2) is 11.2. The molecule has 0 amide bonds. The quantitative estimate of drug-likeness (QED) is 0.128. The highest BCUT2D eigenvalue weighted by Crippen LogP contribution is 2.29. The van der Waals surface area contributed by atoms with Crippen LogP contribution in [0, 0.1) is 6.92 Å². The molecular formula is C33H28NOS+. The number of carbonyl (C=O) groups is 1. The topological polar surface area (TPSA) is 20.9 Å². The van der Waals surface area contributed by atoms with Gasteiger partial charge in [0.25, 0.3) is 0 Å². The molecule has 36 heavy (non-hydrogen) atoms. The SMILES string of the molecule is Cc1ccc(C[n+]2c(SCC(=O)c3ccccc3)cc(-c3ccccc3)cc2-c2ccccc2)cc1. The molecule has 5 rings (SSSR count). The molecule has 0 aliphatic rings. The number of thioether (sulfide) groups is 1. The fraction of sp³-hybridized carbons (Fsp3) is 0.0909. The number of nitrogens with zero attached hydrogens (tertiary/aromatic N) is 1. The zero-order chi connectivity index (χ0) is 24.7. The van der Waals surface area contributed by atoms with Gasteiger partial charge in [0.2, 0.25) is 10.7 Å². The van der Waals surface area contributed by atoms with Crippen LogP contribution in [0.1, 0.15) is 21.5 Å². The van der Waals surface area contributed by atoms with E-state index in [1.165, 1.54) is 11.1 Å². The lowest BCUT2D eigenvalue weighted by Gasteiger charge is -2.13. The fourth-order valence-electron chi connectivity index (χ4n) is 4.25. The van der Waals surface area contributed by atoms with Gasteiger partial charge in [-0.1, -0.05) is 109 Å². The lowest BCUT2D eigenvalue weighted by Crippen LogP contribution is -2.39. The van der Waals surface area contributed by atoms with E-state index in [1.807, 2.05) is 42.5 Å². The van der Waals surface area contributed by atoms with Gasteiger partial charge in [0, 0.05) is 28.8 Å². The smallest absolute Gasteiger partial charge is 0.241 e. The minimum Gasteiger partial charge on any atom is -0.293 e. The van der Waals surface area contributed by atoms with Crippen molar-refractivity contribution in [2.24, 2.45) is 0 Å². The number of pyridine rings is 1. The Morgan fingerprint density at radius 2 is 1.25 bits per heavy atom. The third-order valence-electron chi connectivity index (χ3n) is 6.21. The number of rotatable bonds is 8. The van der Waals surface area contributed by atoms with E-state index in [2.05, 4.69) is 96.4 Å². The molecule has 0 radical (unpaired) electrons. The Morgan fingerprint density at radius 1 is 0.667 bits per heavy atom. The van der Waals surface area contributed by atoms with E-state index in [9.17, 15) is 4.79 Å². The van der Waals surface area contributed by atoms with Crippen LogP contribution in [0.4, 0.5) is 0 Å². The van der Waals surface area contributed by atoms with E-state index in [0.717, 1.165) is 39.5 Å². The van der Waals surface area contributed by atoms with Crippen LogP contribution >= 0.6 is 11.8 Å². The zero-order valence-corrected chi connectivity index (χ0v) is 21.1. The standard InChI is InChI=1S/C33H28NOS/c1-25-17-19-26(20-18-25)23-34-31(28-13-7-3-8-14-28)21-30(27-11-5-2-6-12-27)22-33(34)36-24-32(35)29-15-9-4-10-16-29/h2-22H,23-24H2,1H3/q+1. The molecule has 176 valence electrons. The van der Waals surface area contributed by atoms with Gasteiger partial charge in [0.15, 0.2) is 12.3 Å². The van der Waals surface area contributed by atoms with Gasteiger partial charge in [-0.3, -0.25) is 4.79 Å². The second-order valence-electron chi connectivity index (χ2n) is 8.85. The Kier molecular flexibility index (Phi) is 7.39. The molecule has 0 atom stereocenters. The first-order valence-electron chi connectivity index (χ1n) is 12.1. The molecule has 0 bridgehead atoms. The molecule has 0 N–H and O–H groups in total. The van der Waals surface area contributed by atoms with E-state index in [0.29, 0.717) is 5.75 Å². The monoisotopic (exact) mass is 486 g/mol. The average molecular weight is 487 g/mol. The van der Waals surface area contributed by atoms with Gasteiger partial charge in [-0.2, -0.15) is 4.57 Å². The first kappa shape index (κ1) is 23.8. The summed E-state index contributed by atoms with van der Waals surface area (Å²) in [6.45, 7) is 2.83. The van der Waals surface area contributed by atoms with Gasteiger partial charge in [-0.15, -0.1) is 0 Å². The number of carbonyl (C=O) groups excluding carboxylic acids is 1. The summed E-state index contributed by atoms with van der Waals surface area (Å²) in [5.74, 6) is 0.513. The third-order valence-corrected chi connectivity index (χ3v) is 7.25. The zero-order valence-electron chi connectivity index (χ0n) is 20.3. The van der Waals surface area contributed by atoms with Crippen molar-refractivity contribution in [2.45, 2.75) is 18.5 Å². The van der Waals surface area contributed by atoms with E-state index in [4.69, 9.17) is 0 Å². The number of aryl methyl sites for hydroxylation is 1. The van der Waals surface area contributed by atoms with Gasteiger partial charge >= 0.3 is 0 Å². The van der Waals surface area contributed by atoms with Crippen LogP contribution in [-0.2, 0) is 6.54 Å². The predicted molar refractivity (Wildman–Crippen MR) is 149 cm³/mol. The van der Waals surface area contributed by atoms with Crippen molar-refractivity contribution in [2.75, 3.05) is 5.75 Å². The highest BCUT2D eigenvalue weighted by atomic mass is 32.2. The van der Waals surface area contributed by atoms with Crippen LogP contribution in [0.5, 0.6) is 0 Å². The van der Waals surface area contributed by atoms with Gasteiger partial charge in [0.1, 0.15) is 0 Å². The number of ketones is 1. The molecule has 0 fully saturated rings. The molecule has 2 nitrogen and oxygen atoms in total. The molecule has 0 saturated heterocycles. The summed E-state index contributed by atoms with van der Waals surface area (Å²) < 4.78 is 2.34. The van der Waals surface area contributed by atoms with E-state index < -0.39 is 0 Å². The Labute approximate surface area is 217 Å². The highest BCUT2D eigenvalue weighted by Gasteiger charge is 2.23. The normalized spacial score (nSPS) is 10.8. The third kappa shape index (κ3) is 5.64. The van der Waals surface area contributed by atoms with Crippen molar-refractivity contribution in [3.05, 3.63) is 144 Å². The van der Waals surface area contributed by atoms with Gasteiger partial charge in [0.05, 0.1) is 5.75 Å². The molecule has 0 saturated carbocycles. The first-order chi connectivity index (χ1) is 17.7. The molecule has 0 unspecified atom stereocenters. The van der Waals surface area contributed by atoms with Crippen molar-refractivity contribution in [1.82, 2.24) is 0 Å². The molecule has 1 aromatic heterocycles. The minimum absolute atomic E-state index is 0.133. The summed E-state index contributed by atoms with van der Waals surface area (Å²) in [4.78, 5) is 13.0. The Morgan fingerprint density at radius 3 is 1.89 bits per heavy atom. The Hall–Kier alpha value is -3.95. The fourth-order valence-corrected chi connectivity index (χ4v) is 5.22. The first-order valence-corrected chi connectivity index (χ1v) is 13.1. The summed E-state index contributed by atoms with van der Waals surface area (Å²) in [5, 5.41) is 1.07. The van der Waals surface area contributed by atoms with Crippen LogP contribution in [0.3, 0.4) is 0 Å².